The van der Waals surface area contributed by atoms with Gasteiger partial charge in [-0.1, -0.05) is 6.08 Å². The zero-order valence-corrected chi connectivity index (χ0v) is 17.6. The number of anilines is 1. The Morgan fingerprint density at radius 3 is 2.55 bits per heavy atom. The molecule has 160 valence electrons. The lowest BCUT2D eigenvalue weighted by Crippen LogP contribution is -2.37. The summed E-state index contributed by atoms with van der Waals surface area (Å²) in [5.41, 5.74) is 5.54. The molecule has 1 aliphatic rings. The van der Waals surface area contributed by atoms with Gasteiger partial charge in [0.1, 0.15) is 6.10 Å². The lowest BCUT2D eigenvalue weighted by Gasteiger charge is -2.35. The molecule has 1 aliphatic heterocycles. The first-order chi connectivity index (χ1) is 13.6. The van der Waals surface area contributed by atoms with Crippen molar-refractivity contribution in [3.63, 3.8) is 0 Å². The minimum absolute atomic E-state index is 0.0523. The number of rotatable bonds is 7. The molecule has 0 amide bonds. The molecule has 0 fully saturated rings. The number of hydrogen-bond acceptors (Lipinski definition) is 9. The average Bonchev–Trinajstić information content (AvgIpc) is 3.03. The van der Waals surface area contributed by atoms with Crippen molar-refractivity contribution in [1.82, 2.24) is 19.5 Å². The molecule has 29 heavy (non-hydrogen) atoms. The zero-order valence-electron chi connectivity index (χ0n) is 16.7. The van der Waals surface area contributed by atoms with Gasteiger partial charge in [0, 0.05) is 0 Å². The number of nitrogens with zero attached hydrogens (tertiary/aromatic N) is 3. The molecule has 0 aromatic carbocycles. The maximum absolute atomic E-state index is 13.3. The Morgan fingerprint density at radius 1 is 1.31 bits per heavy atom. The number of nitrogens with one attached hydrogen (secondary N) is 1. The van der Waals surface area contributed by atoms with E-state index in [1.165, 1.54) is 6.33 Å². The molecule has 0 spiro atoms. The van der Waals surface area contributed by atoms with Gasteiger partial charge in [-0.05, 0) is 33.8 Å². The van der Waals surface area contributed by atoms with E-state index in [9.17, 15) is 14.5 Å². The number of hydrogen-bond donors (Lipinski definition) is 3. The van der Waals surface area contributed by atoms with Crippen LogP contribution in [0.1, 0.15) is 33.7 Å². The Hall–Kier alpha value is -2.04. The van der Waals surface area contributed by atoms with Crippen LogP contribution in [0.2, 0.25) is 0 Å². The first kappa shape index (κ1) is 21.7. The molecule has 0 saturated heterocycles. The lowest BCUT2D eigenvalue weighted by atomic mass is 10.1. The fourth-order valence-corrected chi connectivity index (χ4v) is 5.21. The topological polar surface area (TPSA) is 155 Å². The molecule has 2 aromatic rings. The van der Waals surface area contributed by atoms with Gasteiger partial charge in [0.15, 0.2) is 17.0 Å². The van der Waals surface area contributed by atoms with E-state index < -0.39 is 31.1 Å². The molecular weight excluding hydrogens is 401 g/mol. The van der Waals surface area contributed by atoms with Crippen molar-refractivity contribution in [3.05, 3.63) is 28.8 Å². The van der Waals surface area contributed by atoms with Crippen molar-refractivity contribution in [3.8, 4) is 0 Å². The Bertz CT molecular complexity index is 986. The van der Waals surface area contributed by atoms with E-state index in [4.69, 9.17) is 19.5 Å². The summed E-state index contributed by atoms with van der Waals surface area (Å²) in [6, 6.07) is -0.554. The molecule has 4 N–H and O–H groups in total. The van der Waals surface area contributed by atoms with Gasteiger partial charge < -0.3 is 29.2 Å². The highest BCUT2D eigenvalue weighted by Crippen LogP contribution is 2.57. The van der Waals surface area contributed by atoms with E-state index >= 15 is 0 Å². The fraction of sp³-hybridized carbons (Fsp3) is 0.588. The zero-order chi connectivity index (χ0) is 21.3. The van der Waals surface area contributed by atoms with E-state index in [0.29, 0.717) is 0 Å². The van der Waals surface area contributed by atoms with Crippen LogP contribution in [0.25, 0.3) is 11.2 Å². The number of nitrogen functional groups attached to an aromatic ring is 1. The summed E-state index contributed by atoms with van der Waals surface area (Å²) in [4.78, 5) is 22.6. The predicted molar refractivity (Wildman–Crippen MR) is 107 cm³/mol. The van der Waals surface area contributed by atoms with Crippen molar-refractivity contribution < 1.29 is 23.5 Å². The molecule has 0 saturated carbocycles. The number of H-pyrrole nitrogens is 1. The minimum Gasteiger partial charge on any atom is -0.394 e. The van der Waals surface area contributed by atoms with Gasteiger partial charge in [0.25, 0.3) is 5.56 Å². The van der Waals surface area contributed by atoms with Crippen LogP contribution in [-0.4, -0.2) is 55.4 Å². The van der Waals surface area contributed by atoms with E-state index in [-0.39, 0.29) is 35.9 Å². The maximum Gasteiger partial charge on any atom is 0.363 e. The Kier molecular flexibility index (Phi) is 6.25. The molecule has 2 aromatic heterocycles. The van der Waals surface area contributed by atoms with Crippen LogP contribution in [0.5, 0.6) is 0 Å². The van der Waals surface area contributed by atoms with Gasteiger partial charge in [0.05, 0.1) is 31.2 Å². The highest BCUT2D eigenvalue weighted by atomic mass is 31.2. The van der Waals surface area contributed by atoms with Crippen LogP contribution < -0.4 is 11.3 Å². The number of fused-ring (bicyclic) bond motifs is 1. The summed E-state index contributed by atoms with van der Waals surface area (Å²) in [5, 5.41) is 9.91. The van der Waals surface area contributed by atoms with Gasteiger partial charge in [0.2, 0.25) is 5.95 Å². The number of nitrogens with two attached hydrogens (primary N) is 1. The SMILES string of the molecule is CC(C)OP(=O)(OC(C)C)[C@H]1C=C[C@@H](n2cnc3c(=O)[nH]c(N)nc32)[C@@H](CO)O1. The predicted octanol–water partition coefficient (Wildman–Crippen LogP) is 1.56. The Morgan fingerprint density at radius 2 is 1.97 bits per heavy atom. The summed E-state index contributed by atoms with van der Waals surface area (Å²) < 4.78 is 32.0. The normalized spacial score (nSPS) is 22.8. The van der Waals surface area contributed by atoms with E-state index in [1.54, 1.807) is 44.4 Å². The highest BCUT2D eigenvalue weighted by molar-refractivity contribution is 7.54. The van der Waals surface area contributed by atoms with Crippen molar-refractivity contribution in [2.24, 2.45) is 0 Å². The Labute approximate surface area is 167 Å². The quantitative estimate of drug-likeness (QED) is 0.441. The van der Waals surface area contributed by atoms with Gasteiger partial charge in [-0.2, -0.15) is 4.98 Å². The van der Waals surface area contributed by atoms with Gasteiger partial charge in [-0.15, -0.1) is 0 Å². The second-order valence-electron chi connectivity index (χ2n) is 7.25. The molecule has 3 rings (SSSR count). The van der Waals surface area contributed by atoms with Crippen LogP contribution in [0.15, 0.2) is 23.3 Å². The van der Waals surface area contributed by atoms with Gasteiger partial charge in [-0.3, -0.25) is 14.3 Å². The molecule has 0 unspecified atom stereocenters. The second-order valence-corrected chi connectivity index (χ2v) is 9.26. The van der Waals surface area contributed by atoms with Crippen molar-refractivity contribution in [2.45, 2.75) is 57.9 Å². The summed E-state index contributed by atoms with van der Waals surface area (Å²) >= 11 is 0. The standard InChI is InChI=1S/C17H26N5O6P/c1-9(2)27-29(25,28-10(3)4)13-6-5-11(12(7-23)26-13)22-8-19-14-15(22)20-17(18)21-16(14)24/h5-6,8-13,23H,7H2,1-4H3,(H3,18,20,21,24)/t11-,12-,13+/m1/s1. The largest absolute Gasteiger partial charge is 0.394 e. The lowest BCUT2D eigenvalue weighted by molar-refractivity contribution is -0.0326. The monoisotopic (exact) mass is 427 g/mol. The number of aliphatic hydroxyl groups is 1. The number of aromatic amines is 1. The smallest absolute Gasteiger partial charge is 0.363 e. The van der Waals surface area contributed by atoms with E-state index in [0.717, 1.165) is 0 Å². The number of imidazole rings is 1. The van der Waals surface area contributed by atoms with Crippen molar-refractivity contribution in [2.75, 3.05) is 12.3 Å². The van der Waals surface area contributed by atoms with E-state index in [2.05, 4.69) is 15.0 Å². The van der Waals surface area contributed by atoms with Crippen molar-refractivity contribution >= 4 is 24.7 Å². The molecule has 3 heterocycles. The third kappa shape index (κ3) is 4.44. The van der Waals surface area contributed by atoms with Crippen LogP contribution in [0.4, 0.5) is 5.95 Å². The third-order valence-electron chi connectivity index (χ3n) is 4.15. The van der Waals surface area contributed by atoms with Crippen LogP contribution in [0.3, 0.4) is 0 Å². The van der Waals surface area contributed by atoms with Gasteiger partial charge in [-0.25, -0.2) is 4.98 Å². The average molecular weight is 427 g/mol. The highest BCUT2D eigenvalue weighted by Gasteiger charge is 2.42. The summed E-state index contributed by atoms with van der Waals surface area (Å²) in [5.74, 6) is -1.04. The maximum atomic E-state index is 13.3. The van der Waals surface area contributed by atoms with Gasteiger partial charge >= 0.3 is 7.60 Å². The number of ether oxygens (including phenoxy) is 1. The summed E-state index contributed by atoms with van der Waals surface area (Å²) in [7, 11) is -3.66. The molecule has 0 aliphatic carbocycles. The molecule has 0 bridgehead atoms. The summed E-state index contributed by atoms with van der Waals surface area (Å²) in [6.07, 6.45) is 3.20. The first-order valence-corrected chi connectivity index (χ1v) is 10.9. The first-order valence-electron chi connectivity index (χ1n) is 9.28. The van der Waals surface area contributed by atoms with Crippen molar-refractivity contribution in [1.29, 1.82) is 0 Å². The molecule has 0 radical (unpaired) electrons. The summed E-state index contributed by atoms with van der Waals surface area (Å²) in [6.45, 7) is 6.62. The molecule has 12 heteroatoms. The van der Waals surface area contributed by atoms with Crippen LogP contribution in [0, 0.1) is 0 Å². The number of aromatic nitrogens is 4. The number of aliphatic hydroxyl groups excluding tert-OH is 1. The second kappa shape index (κ2) is 8.37. The molecular formula is C17H26N5O6P. The fourth-order valence-electron chi connectivity index (χ4n) is 3.13. The molecule has 3 atom stereocenters. The molecule has 11 nitrogen and oxygen atoms in total. The van der Waals surface area contributed by atoms with Crippen LogP contribution in [-0.2, 0) is 18.3 Å². The third-order valence-corrected chi connectivity index (χ3v) is 6.50. The van der Waals surface area contributed by atoms with E-state index in [1.807, 2.05) is 0 Å². The Balaban J connectivity index is 1.99. The minimum atomic E-state index is -3.66. The van der Waals surface area contributed by atoms with Crippen LogP contribution >= 0.6 is 7.60 Å².